The van der Waals surface area contributed by atoms with Gasteiger partial charge in [0.1, 0.15) is 11.6 Å². The van der Waals surface area contributed by atoms with Crippen LogP contribution >= 0.6 is 11.6 Å². The topological polar surface area (TPSA) is 21.3 Å². The quantitative estimate of drug-likeness (QED) is 0.863. The summed E-state index contributed by atoms with van der Waals surface area (Å²) in [5, 5.41) is 3.91. The summed E-state index contributed by atoms with van der Waals surface area (Å²) < 4.78 is 18.2. The van der Waals surface area contributed by atoms with Crippen molar-refractivity contribution in [2.45, 2.75) is 20.0 Å². The molecule has 0 aliphatic heterocycles. The van der Waals surface area contributed by atoms with Crippen molar-refractivity contribution >= 4 is 11.6 Å². The van der Waals surface area contributed by atoms with Gasteiger partial charge in [0.25, 0.3) is 0 Å². The van der Waals surface area contributed by atoms with Gasteiger partial charge in [0.05, 0.1) is 11.6 Å². The number of halogens is 2. The van der Waals surface area contributed by atoms with E-state index in [0.717, 1.165) is 11.1 Å². The molecule has 0 fully saturated rings. The Balaban J connectivity index is 1.87. The number of ether oxygens (including phenoxy) is 1. The zero-order valence-corrected chi connectivity index (χ0v) is 12.1. The second kappa shape index (κ2) is 7.27. The minimum atomic E-state index is -0.216. The van der Waals surface area contributed by atoms with E-state index >= 15 is 0 Å². The van der Waals surface area contributed by atoms with E-state index in [4.69, 9.17) is 16.3 Å². The lowest BCUT2D eigenvalue weighted by Gasteiger charge is -2.09. The minimum absolute atomic E-state index is 0.216. The van der Waals surface area contributed by atoms with Gasteiger partial charge in [0.2, 0.25) is 0 Å². The summed E-state index contributed by atoms with van der Waals surface area (Å²) >= 11 is 6.13. The van der Waals surface area contributed by atoms with Crippen LogP contribution in [0.15, 0.2) is 42.5 Å². The maximum Gasteiger partial charge on any atom is 0.137 e. The lowest BCUT2D eigenvalue weighted by Crippen LogP contribution is -2.12. The highest BCUT2D eigenvalue weighted by Crippen LogP contribution is 2.25. The minimum Gasteiger partial charge on any atom is -0.492 e. The molecule has 0 aromatic heterocycles. The van der Waals surface area contributed by atoms with E-state index in [-0.39, 0.29) is 5.82 Å². The zero-order valence-electron chi connectivity index (χ0n) is 11.3. The Morgan fingerprint density at radius 2 is 1.70 bits per heavy atom. The molecule has 0 amide bonds. The van der Waals surface area contributed by atoms with E-state index in [1.54, 1.807) is 12.1 Å². The SMILES string of the molecule is CCOc1ccc(CNCc2ccc(F)cc2)cc1Cl. The fourth-order valence-electron chi connectivity index (χ4n) is 1.88. The first-order valence-corrected chi connectivity index (χ1v) is 6.93. The molecule has 1 N–H and O–H groups in total. The molecule has 0 radical (unpaired) electrons. The van der Waals surface area contributed by atoms with Gasteiger partial charge in [-0.3, -0.25) is 0 Å². The van der Waals surface area contributed by atoms with Gasteiger partial charge in [0, 0.05) is 13.1 Å². The molecule has 0 saturated carbocycles. The van der Waals surface area contributed by atoms with Crippen molar-refractivity contribution in [1.29, 1.82) is 0 Å². The number of nitrogens with one attached hydrogen (secondary N) is 1. The van der Waals surface area contributed by atoms with Gasteiger partial charge in [-0.1, -0.05) is 29.8 Å². The van der Waals surface area contributed by atoms with Gasteiger partial charge in [-0.2, -0.15) is 0 Å². The highest BCUT2D eigenvalue weighted by Gasteiger charge is 2.02. The predicted molar refractivity (Wildman–Crippen MR) is 79.6 cm³/mol. The second-order valence-corrected chi connectivity index (χ2v) is 4.84. The first kappa shape index (κ1) is 14.8. The van der Waals surface area contributed by atoms with Crippen molar-refractivity contribution in [2.24, 2.45) is 0 Å². The van der Waals surface area contributed by atoms with Gasteiger partial charge in [-0.25, -0.2) is 4.39 Å². The molecular weight excluding hydrogens is 277 g/mol. The van der Waals surface area contributed by atoms with Crippen LogP contribution in [0.5, 0.6) is 5.75 Å². The Morgan fingerprint density at radius 1 is 1.05 bits per heavy atom. The van der Waals surface area contributed by atoms with Crippen LogP contribution in [0.4, 0.5) is 4.39 Å². The molecule has 106 valence electrons. The van der Waals surface area contributed by atoms with E-state index in [2.05, 4.69) is 5.32 Å². The number of hydrogen-bond acceptors (Lipinski definition) is 2. The van der Waals surface area contributed by atoms with Crippen LogP contribution in [0.1, 0.15) is 18.1 Å². The van der Waals surface area contributed by atoms with Crippen LogP contribution in [-0.4, -0.2) is 6.61 Å². The van der Waals surface area contributed by atoms with Gasteiger partial charge >= 0.3 is 0 Å². The third-order valence-corrected chi connectivity index (χ3v) is 3.16. The summed E-state index contributed by atoms with van der Waals surface area (Å²) in [6, 6.07) is 12.2. The Kier molecular flexibility index (Phi) is 5.39. The Labute approximate surface area is 123 Å². The van der Waals surface area contributed by atoms with E-state index in [1.807, 2.05) is 25.1 Å². The fraction of sp³-hybridized carbons (Fsp3) is 0.250. The monoisotopic (exact) mass is 293 g/mol. The van der Waals surface area contributed by atoms with Crippen LogP contribution in [0.2, 0.25) is 5.02 Å². The van der Waals surface area contributed by atoms with E-state index in [1.165, 1.54) is 12.1 Å². The molecular formula is C16H17ClFNO. The largest absolute Gasteiger partial charge is 0.492 e. The van der Waals surface area contributed by atoms with Crippen molar-refractivity contribution in [2.75, 3.05) is 6.61 Å². The highest BCUT2D eigenvalue weighted by molar-refractivity contribution is 6.32. The van der Waals surface area contributed by atoms with Crippen molar-refractivity contribution in [3.8, 4) is 5.75 Å². The molecule has 0 saturated heterocycles. The summed E-state index contributed by atoms with van der Waals surface area (Å²) in [5.74, 6) is 0.489. The molecule has 0 atom stereocenters. The Bertz CT molecular complexity index is 557. The molecule has 20 heavy (non-hydrogen) atoms. The van der Waals surface area contributed by atoms with Crippen molar-refractivity contribution in [3.05, 3.63) is 64.4 Å². The molecule has 2 nitrogen and oxygen atoms in total. The van der Waals surface area contributed by atoms with Crippen LogP contribution in [0, 0.1) is 5.82 Å². The predicted octanol–water partition coefficient (Wildman–Crippen LogP) is 4.17. The van der Waals surface area contributed by atoms with E-state index < -0.39 is 0 Å². The first-order valence-electron chi connectivity index (χ1n) is 6.55. The molecule has 2 aromatic carbocycles. The van der Waals surface area contributed by atoms with Gasteiger partial charge in [-0.05, 0) is 42.3 Å². The van der Waals surface area contributed by atoms with E-state index in [0.29, 0.717) is 30.5 Å². The van der Waals surface area contributed by atoms with Crippen molar-refractivity contribution in [1.82, 2.24) is 5.32 Å². The van der Waals surface area contributed by atoms with Crippen LogP contribution in [-0.2, 0) is 13.1 Å². The molecule has 0 spiro atoms. The molecule has 0 aliphatic carbocycles. The van der Waals surface area contributed by atoms with Crippen LogP contribution in [0.25, 0.3) is 0 Å². The molecule has 2 rings (SSSR count). The molecule has 0 bridgehead atoms. The summed E-state index contributed by atoms with van der Waals surface area (Å²) in [6.07, 6.45) is 0. The number of hydrogen-bond donors (Lipinski definition) is 1. The molecule has 0 heterocycles. The third kappa shape index (κ3) is 4.22. The summed E-state index contributed by atoms with van der Waals surface area (Å²) in [4.78, 5) is 0. The Morgan fingerprint density at radius 3 is 2.35 bits per heavy atom. The highest BCUT2D eigenvalue weighted by atomic mass is 35.5. The van der Waals surface area contributed by atoms with Gasteiger partial charge in [0.15, 0.2) is 0 Å². The van der Waals surface area contributed by atoms with Gasteiger partial charge in [-0.15, -0.1) is 0 Å². The average Bonchev–Trinajstić information content (AvgIpc) is 2.44. The number of rotatable bonds is 6. The zero-order chi connectivity index (χ0) is 14.4. The summed E-state index contributed by atoms with van der Waals surface area (Å²) in [6.45, 7) is 3.91. The number of benzene rings is 2. The average molecular weight is 294 g/mol. The fourth-order valence-corrected chi connectivity index (χ4v) is 2.14. The van der Waals surface area contributed by atoms with Crippen LogP contribution < -0.4 is 10.1 Å². The van der Waals surface area contributed by atoms with Crippen LogP contribution in [0.3, 0.4) is 0 Å². The molecule has 2 aromatic rings. The van der Waals surface area contributed by atoms with Crippen molar-refractivity contribution in [3.63, 3.8) is 0 Å². The van der Waals surface area contributed by atoms with Crippen molar-refractivity contribution < 1.29 is 9.13 Å². The Hall–Kier alpha value is -1.58. The maximum absolute atomic E-state index is 12.8. The van der Waals surface area contributed by atoms with Gasteiger partial charge < -0.3 is 10.1 Å². The third-order valence-electron chi connectivity index (χ3n) is 2.87. The molecule has 4 heteroatoms. The smallest absolute Gasteiger partial charge is 0.137 e. The molecule has 0 unspecified atom stereocenters. The second-order valence-electron chi connectivity index (χ2n) is 4.43. The van der Waals surface area contributed by atoms with E-state index in [9.17, 15) is 4.39 Å². The first-order chi connectivity index (χ1) is 9.69. The maximum atomic E-state index is 12.8. The normalized spacial score (nSPS) is 10.6. The summed E-state index contributed by atoms with van der Waals surface area (Å²) in [7, 11) is 0. The lowest BCUT2D eigenvalue weighted by atomic mass is 10.2. The lowest BCUT2D eigenvalue weighted by molar-refractivity contribution is 0.340. The standard InChI is InChI=1S/C16H17ClFNO/c1-2-20-16-8-5-13(9-15(16)17)11-19-10-12-3-6-14(18)7-4-12/h3-9,19H,2,10-11H2,1H3. The molecule has 0 aliphatic rings. The summed E-state index contributed by atoms with van der Waals surface area (Å²) in [5.41, 5.74) is 2.13.